The summed E-state index contributed by atoms with van der Waals surface area (Å²) in [4.78, 5) is 8.30. The van der Waals surface area contributed by atoms with Crippen LogP contribution in [0.2, 0.25) is 0 Å². The Labute approximate surface area is 135 Å². The number of rotatable bonds is 7. The maximum atomic E-state index is 5.36. The number of nitrogens with zero attached hydrogens (tertiary/aromatic N) is 2. The van der Waals surface area contributed by atoms with Crippen molar-refractivity contribution in [2.45, 2.75) is 6.42 Å². The summed E-state index contributed by atoms with van der Waals surface area (Å²) in [6, 6.07) is 4.02. The number of hydrogen-bond donors (Lipinski definition) is 0. The number of ether oxygens (including phenoxy) is 5. The molecule has 2 aromatic rings. The second-order valence-electron chi connectivity index (χ2n) is 4.60. The van der Waals surface area contributed by atoms with Crippen molar-refractivity contribution < 1.29 is 23.7 Å². The largest absolute Gasteiger partial charge is 0.493 e. The van der Waals surface area contributed by atoms with Crippen LogP contribution in [-0.2, 0) is 6.42 Å². The molecule has 23 heavy (non-hydrogen) atoms. The highest BCUT2D eigenvalue weighted by Crippen LogP contribution is 2.39. The minimum Gasteiger partial charge on any atom is -0.493 e. The lowest BCUT2D eigenvalue weighted by molar-refractivity contribution is 0.324. The van der Waals surface area contributed by atoms with Gasteiger partial charge in [0.2, 0.25) is 11.6 Å². The lowest BCUT2D eigenvalue weighted by Crippen LogP contribution is -2.02. The fraction of sp³-hybridized carbons (Fsp3) is 0.375. The topological polar surface area (TPSA) is 71.9 Å². The van der Waals surface area contributed by atoms with Crippen LogP contribution in [0.5, 0.6) is 29.1 Å². The number of methoxy groups -OCH3 is 5. The molecule has 1 heterocycles. The van der Waals surface area contributed by atoms with Gasteiger partial charge in [0.25, 0.3) is 0 Å². The van der Waals surface area contributed by atoms with Gasteiger partial charge in [0.15, 0.2) is 11.5 Å². The van der Waals surface area contributed by atoms with Gasteiger partial charge in [0.05, 0.1) is 35.5 Å². The van der Waals surface area contributed by atoms with Crippen LogP contribution in [0.25, 0.3) is 0 Å². The summed E-state index contributed by atoms with van der Waals surface area (Å²) in [5.74, 6) is 2.20. The van der Waals surface area contributed by atoms with Crippen molar-refractivity contribution in [2.75, 3.05) is 35.5 Å². The highest BCUT2D eigenvalue weighted by molar-refractivity contribution is 5.54. The molecule has 0 aliphatic carbocycles. The van der Waals surface area contributed by atoms with Crippen molar-refractivity contribution in [1.82, 2.24) is 9.97 Å². The second kappa shape index (κ2) is 7.53. The number of hydrogen-bond acceptors (Lipinski definition) is 7. The van der Waals surface area contributed by atoms with Gasteiger partial charge in [-0.25, -0.2) is 4.98 Å². The summed E-state index contributed by atoms with van der Waals surface area (Å²) < 4.78 is 26.4. The molecule has 0 bridgehead atoms. The van der Waals surface area contributed by atoms with E-state index in [4.69, 9.17) is 23.7 Å². The fourth-order valence-corrected chi connectivity index (χ4v) is 2.23. The predicted molar refractivity (Wildman–Crippen MR) is 84.0 cm³/mol. The zero-order valence-electron chi connectivity index (χ0n) is 13.9. The highest BCUT2D eigenvalue weighted by Gasteiger charge is 2.15. The molecule has 0 spiro atoms. The summed E-state index contributed by atoms with van der Waals surface area (Å²) in [5.41, 5.74) is 1.77. The van der Waals surface area contributed by atoms with Crippen LogP contribution in [0.4, 0.5) is 0 Å². The highest BCUT2D eigenvalue weighted by atomic mass is 16.5. The molecule has 0 amide bonds. The molecule has 1 aromatic carbocycles. The van der Waals surface area contributed by atoms with Crippen LogP contribution in [-0.4, -0.2) is 45.5 Å². The van der Waals surface area contributed by atoms with Gasteiger partial charge in [-0.1, -0.05) is 0 Å². The Kier molecular flexibility index (Phi) is 5.46. The molecule has 0 unspecified atom stereocenters. The summed E-state index contributed by atoms with van der Waals surface area (Å²) in [6.07, 6.45) is 2.22. The second-order valence-corrected chi connectivity index (χ2v) is 4.60. The summed E-state index contributed by atoms with van der Waals surface area (Å²) >= 11 is 0. The molecule has 0 fully saturated rings. The van der Waals surface area contributed by atoms with Crippen LogP contribution < -0.4 is 23.7 Å². The molecule has 0 N–H and O–H groups in total. The third-order valence-corrected chi connectivity index (χ3v) is 3.30. The Balaban J connectivity index is 2.40. The molecule has 2 rings (SSSR count). The first-order chi connectivity index (χ1) is 11.2. The predicted octanol–water partition coefficient (Wildman–Crippen LogP) is 2.11. The molecular weight excluding hydrogens is 300 g/mol. The van der Waals surface area contributed by atoms with Gasteiger partial charge >= 0.3 is 6.01 Å². The Morgan fingerprint density at radius 2 is 1.48 bits per heavy atom. The maximum absolute atomic E-state index is 5.36. The van der Waals surface area contributed by atoms with Crippen LogP contribution in [0.3, 0.4) is 0 Å². The third-order valence-electron chi connectivity index (χ3n) is 3.30. The van der Waals surface area contributed by atoms with E-state index in [0.717, 1.165) is 11.1 Å². The molecule has 0 saturated heterocycles. The van der Waals surface area contributed by atoms with E-state index in [1.165, 1.54) is 7.11 Å². The quantitative estimate of drug-likeness (QED) is 0.773. The summed E-state index contributed by atoms with van der Waals surface area (Å²) in [7, 11) is 7.80. The minimum atomic E-state index is 0.260. The average molecular weight is 320 g/mol. The zero-order valence-corrected chi connectivity index (χ0v) is 13.9. The van der Waals surface area contributed by atoms with Gasteiger partial charge < -0.3 is 23.7 Å². The van der Waals surface area contributed by atoms with Gasteiger partial charge in [-0.2, -0.15) is 4.98 Å². The lowest BCUT2D eigenvalue weighted by atomic mass is 10.1. The number of benzene rings is 1. The van der Waals surface area contributed by atoms with Gasteiger partial charge in [-0.15, -0.1) is 0 Å². The van der Waals surface area contributed by atoms with Crippen LogP contribution in [0, 0.1) is 0 Å². The van der Waals surface area contributed by atoms with Crippen molar-refractivity contribution >= 4 is 0 Å². The van der Waals surface area contributed by atoms with E-state index in [-0.39, 0.29) is 6.01 Å². The molecule has 0 aliphatic rings. The van der Waals surface area contributed by atoms with E-state index in [1.807, 2.05) is 12.1 Å². The summed E-state index contributed by atoms with van der Waals surface area (Å²) in [6.45, 7) is 0. The molecule has 0 saturated carbocycles. The van der Waals surface area contributed by atoms with Crippen molar-refractivity contribution in [1.29, 1.82) is 0 Å². The van der Waals surface area contributed by atoms with Crippen molar-refractivity contribution in [3.63, 3.8) is 0 Å². The Morgan fingerprint density at radius 3 is 1.96 bits per heavy atom. The van der Waals surface area contributed by atoms with Crippen LogP contribution in [0.15, 0.2) is 18.3 Å². The Morgan fingerprint density at radius 1 is 0.826 bits per heavy atom. The maximum Gasteiger partial charge on any atom is 0.319 e. The van der Waals surface area contributed by atoms with Crippen LogP contribution >= 0.6 is 0 Å². The molecule has 7 heteroatoms. The van der Waals surface area contributed by atoms with Crippen LogP contribution in [0.1, 0.15) is 11.1 Å². The summed E-state index contributed by atoms with van der Waals surface area (Å²) in [5, 5.41) is 0. The fourth-order valence-electron chi connectivity index (χ4n) is 2.23. The van der Waals surface area contributed by atoms with Crippen molar-refractivity contribution in [3.05, 3.63) is 29.5 Å². The Hall–Kier alpha value is -2.70. The first-order valence-electron chi connectivity index (χ1n) is 6.89. The molecule has 124 valence electrons. The zero-order chi connectivity index (χ0) is 16.8. The van der Waals surface area contributed by atoms with E-state index in [1.54, 1.807) is 34.6 Å². The van der Waals surface area contributed by atoms with E-state index in [9.17, 15) is 0 Å². The van der Waals surface area contributed by atoms with Crippen molar-refractivity contribution in [3.8, 4) is 29.1 Å². The van der Waals surface area contributed by atoms with E-state index < -0.39 is 0 Å². The molecule has 0 aliphatic heterocycles. The van der Waals surface area contributed by atoms with E-state index in [2.05, 4.69) is 9.97 Å². The van der Waals surface area contributed by atoms with Gasteiger partial charge in [-0.05, 0) is 17.7 Å². The van der Waals surface area contributed by atoms with E-state index in [0.29, 0.717) is 29.5 Å². The van der Waals surface area contributed by atoms with Gasteiger partial charge in [-0.3, -0.25) is 0 Å². The standard InChI is InChI=1S/C16H20N2O5/c1-19-12-7-10(8-13(20-2)14(12)21-3)6-11-9-17-16(23-5)18-15(11)22-4/h7-9H,6H2,1-5H3. The van der Waals surface area contributed by atoms with Gasteiger partial charge in [0.1, 0.15) is 0 Å². The first-order valence-corrected chi connectivity index (χ1v) is 6.89. The van der Waals surface area contributed by atoms with Gasteiger partial charge in [0, 0.05) is 18.2 Å². The molecule has 1 aromatic heterocycles. The molecule has 0 atom stereocenters. The van der Waals surface area contributed by atoms with Crippen molar-refractivity contribution in [2.24, 2.45) is 0 Å². The average Bonchev–Trinajstić information content (AvgIpc) is 2.60. The third kappa shape index (κ3) is 3.56. The molecule has 7 nitrogen and oxygen atoms in total. The smallest absolute Gasteiger partial charge is 0.319 e. The van der Waals surface area contributed by atoms with E-state index >= 15 is 0 Å². The SMILES string of the molecule is COc1ncc(Cc2cc(OC)c(OC)c(OC)c2)c(OC)n1. The minimum absolute atomic E-state index is 0.260. The number of aromatic nitrogens is 2. The lowest BCUT2D eigenvalue weighted by Gasteiger charge is -2.14. The normalized spacial score (nSPS) is 10.1. The Bertz CT molecular complexity index is 651. The molecular formula is C16H20N2O5. The molecule has 0 radical (unpaired) electrons. The first kappa shape index (κ1) is 16.7. The monoisotopic (exact) mass is 320 g/mol.